The number of hydrogen-bond acceptors (Lipinski definition) is 10. The van der Waals surface area contributed by atoms with Crippen molar-refractivity contribution in [1.82, 2.24) is 30.2 Å². The average Bonchev–Trinajstić information content (AvgIpc) is 3.07. The normalized spacial score (nSPS) is 18.1. The summed E-state index contributed by atoms with van der Waals surface area (Å²) >= 11 is 0. The summed E-state index contributed by atoms with van der Waals surface area (Å²) in [5.74, 6) is 0.335. The maximum Gasteiger partial charge on any atom is 0.421 e. The lowest BCUT2D eigenvalue weighted by atomic mass is 9.90. The molecule has 0 unspecified atom stereocenters. The van der Waals surface area contributed by atoms with Crippen molar-refractivity contribution < 1.29 is 27.4 Å². The van der Waals surface area contributed by atoms with Crippen molar-refractivity contribution in [2.75, 3.05) is 35.9 Å². The highest BCUT2D eigenvalue weighted by molar-refractivity contribution is 5.91. The first-order chi connectivity index (χ1) is 22.8. The molecule has 6 rings (SSSR count). The van der Waals surface area contributed by atoms with Gasteiger partial charge < -0.3 is 25.4 Å². The molecule has 4 aromatic rings. The lowest BCUT2D eigenvalue weighted by molar-refractivity contribution is -0.137. The van der Waals surface area contributed by atoms with E-state index in [0.29, 0.717) is 51.3 Å². The first kappa shape index (κ1) is 31.9. The van der Waals surface area contributed by atoms with E-state index in [1.807, 2.05) is 36.4 Å². The summed E-state index contributed by atoms with van der Waals surface area (Å²) in [5, 5.41) is 9.05. The minimum atomic E-state index is -4.59. The average molecular weight is 650 g/mol. The van der Waals surface area contributed by atoms with Crippen LogP contribution < -0.4 is 25.6 Å². The van der Waals surface area contributed by atoms with Gasteiger partial charge in [0, 0.05) is 54.5 Å². The quantitative estimate of drug-likeness (QED) is 0.207. The van der Waals surface area contributed by atoms with Crippen molar-refractivity contribution in [2.24, 2.45) is 0 Å². The first-order valence-electron chi connectivity index (χ1n) is 15.3. The zero-order chi connectivity index (χ0) is 32.8. The SMILES string of the molecule is COc1ncc(-c2ccc(N(C(=O)NCc3ccccc3)C3CCC(Nc4ncc(C(F)(F)F)c(NC5COC5)n4)CC3)nc2)cn1. The molecule has 2 aliphatic rings. The largest absolute Gasteiger partial charge is 0.467 e. The van der Waals surface area contributed by atoms with Crippen LogP contribution in [-0.4, -0.2) is 69.4 Å². The third-order valence-corrected chi connectivity index (χ3v) is 8.11. The van der Waals surface area contributed by atoms with E-state index in [0.717, 1.165) is 22.9 Å². The van der Waals surface area contributed by atoms with Crippen LogP contribution in [0.5, 0.6) is 6.01 Å². The van der Waals surface area contributed by atoms with E-state index in [1.54, 1.807) is 29.6 Å². The highest BCUT2D eigenvalue weighted by Crippen LogP contribution is 2.35. The zero-order valence-electron chi connectivity index (χ0n) is 25.6. The number of anilines is 3. The number of nitrogens with zero attached hydrogens (tertiary/aromatic N) is 6. The van der Waals surface area contributed by atoms with E-state index < -0.39 is 11.7 Å². The molecule has 12 nitrogen and oxygen atoms in total. The van der Waals surface area contributed by atoms with E-state index in [9.17, 15) is 18.0 Å². The zero-order valence-corrected chi connectivity index (χ0v) is 25.6. The molecular formula is C32H34F3N9O3. The van der Waals surface area contributed by atoms with Crippen molar-refractivity contribution in [1.29, 1.82) is 0 Å². The number of alkyl halides is 3. The van der Waals surface area contributed by atoms with Crippen LogP contribution in [0.25, 0.3) is 11.1 Å². The van der Waals surface area contributed by atoms with Crippen molar-refractivity contribution in [3.63, 3.8) is 0 Å². The van der Waals surface area contributed by atoms with Crippen LogP contribution in [0, 0.1) is 0 Å². The molecule has 1 aliphatic carbocycles. The Balaban J connectivity index is 1.15. The van der Waals surface area contributed by atoms with Gasteiger partial charge in [0.2, 0.25) is 5.95 Å². The monoisotopic (exact) mass is 649 g/mol. The van der Waals surface area contributed by atoms with Gasteiger partial charge >= 0.3 is 18.2 Å². The molecule has 2 fully saturated rings. The third kappa shape index (κ3) is 7.85. The summed E-state index contributed by atoms with van der Waals surface area (Å²) in [5.41, 5.74) is 1.58. The fourth-order valence-electron chi connectivity index (χ4n) is 5.53. The molecule has 15 heteroatoms. The van der Waals surface area contributed by atoms with Gasteiger partial charge in [-0.25, -0.2) is 24.7 Å². The summed E-state index contributed by atoms with van der Waals surface area (Å²) in [6.45, 7) is 0.983. The summed E-state index contributed by atoms with van der Waals surface area (Å²) in [6, 6.07) is 12.8. The molecule has 1 saturated carbocycles. The number of hydrogen-bond donors (Lipinski definition) is 3. The number of carbonyl (C=O) groups is 1. The number of rotatable bonds is 10. The number of halogens is 3. The van der Waals surface area contributed by atoms with Gasteiger partial charge in [-0.15, -0.1) is 0 Å². The molecule has 2 amide bonds. The molecule has 1 aromatic carbocycles. The predicted octanol–water partition coefficient (Wildman–Crippen LogP) is 5.31. The van der Waals surface area contributed by atoms with Crippen LogP contribution in [0.1, 0.15) is 36.8 Å². The smallest absolute Gasteiger partial charge is 0.421 e. The molecule has 0 spiro atoms. The van der Waals surface area contributed by atoms with Crippen LogP contribution in [0.4, 0.5) is 35.5 Å². The highest BCUT2D eigenvalue weighted by atomic mass is 19.4. The molecular weight excluding hydrogens is 615 g/mol. The molecule has 1 aliphatic heterocycles. The maximum absolute atomic E-state index is 13.7. The molecule has 0 atom stereocenters. The number of carbonyl (C=O) groups excluding carboxylic acids is 1. The van der Waals surface area contributed by atoms with E-state index in [-0.39, 0.29) is 41.9 Å². The Morgan fingerprint density at radius 2 is 1.62 bits per heavy atom. The van der Waals surface area contributed by atoms with Crippen molar-refractivity contribution in [3.8, 4) is 17.1 Å². The standard InChI is InChI=1S/C32H34F3N9O3/c1-46-30-38-15-22(16-39-30)21-7-12-27(36-14-21)44(31(45)40-13-20-5-3-2-4-6-20)25-10-8-23(9-11-25)42-29-37-17-26(32(33,34)35)28(43-29)41-24-18-47-19-24/h2-7,12,14-17,23-25H,8-11,13,18-19H2,1H3,(H,40,45)(H2,37,41,42,43). The lowest BCUT2D eigenvalue weighted by Gasteiger charge is -2.36. The molecule has 0 bridgehead atoms. The van der Waals surface area contributed by atoms with Crippen LogP contribution >= 0.6 is 0 Å². The predicted molar refractivity (Wildman–Crippen MR) is 168 cm³/mol. The van der Waals surface area contributed by atoms with E-state index in [1.165, 1.54) is 7.11 Å². The van der Waals surface area contributed by atoms with Crippen molar-refractivity contribution in [2.45, 2.75) is 56.5 Å². The van der Waals surface area contributed by atoms with Gasteiger partial charge in [-0.1, -0.05) is 30.3 Å². The topological polar surface area (TPSA) is 139 Å². The van der Waals surface area contributed by atoms with Gasteiger partial charge in [-0.2, -0.15) is 18.2 Å². The van der Waals surface area contributed by atoms with Gasteiger partial charge in [0.15, 0.2) is 0 Å². The van der Waals surface area contributed by atoms with E-state index in [4.69, 9.17) is 9.47 Å². The Bertz CT molecular complexity index is 1630. The van der Waals surface area contributed by atoms with Gasteiger partial charge in [-0.3, -0.25) is 4.90 Å². The number of amides is 2. The summed E-state index contributed by atoms with van der Waals surface area (Å²) in [7, 11) is 1.50. The fraction of sp³-hybridized carbons (Fsp3) is 0.375. The van der Waals surface area contributed by atoms with Gasteiger partial charge in [0.1, 0.15) is 17.2 Å². The van der Waals surface area contributed by atoms with Gasteiger partial charge in [0.25, 0.3) is 0 Å². The number of aromatic nitrogens is 5. The second-order valence-corrected chi connectivity index (χ2v) is 11.4. The number of nitrogens with one attached hydrogen (secondary N) is 3. The number of urea groups is 1. The van der Waals surface area contributed by atoms with Crippen LogP contribution in [0.15, 0.2) is 67.3 Å². The van der Waals surface area contributed by atoms with E-state index in [2.05, 4.69) is 40.9 Å². The Kier molecular flexibility index (Phi) is 9.61. The van der Waals surface area contributed by atoms with Gasteiger partial charge in [-0.05, 0) is 43.4 Å². The number of benzene rings is 1. The summed E-state index contributed by atoms with van der Waals surface area (Å²) < 4.78 is 50.9. The second kappa shape index (κ2) is 14.2. The molecule has 4 heterocycles. The number of methoxy groups -OCH3 is 1. The third-order valence-electron chi connectivity index (χ3n) is 8.11. The molecule has 0 radical (unpaired) electrons. The lowest BCUT2D eigenvalue weighted by Crippen LogP contribution is -2.49. The number of ether oxygens (including phenoxy) is 2. The molecule has 1 saturated heterocycles. The summed E-state index contributed by atoms with van der Waals surface area (Å²) in [4.78, 5) is 36.4. The summed E-state index contributed by atoms with van der Waals surface area (Å²) in [6.07, 6.45) is 3.68. The molecule has 3 N–H and O–H groups in total. The molecule has 3 aromatic heterocycles. The van der Waals surface area contributed by atoms with Crippen LogP contribution in [-0.2, 0) is 17.5 Å². The van der Waals surface area contributed by atoms with E-state index >= 15 is 0 Å². The fourth-order valence-corrected chi connectivity index (χ4v) is 5.53. The Hall–Kier alpha value is -5.05. The molecule has 246 valence electrons. The Labute approximate surface area is 269 Å². The van der Waals surface area contributed by atoms with Crippen LogP contribution in [0.3, 0.4) is 0 Å². The minimum Gasteiger partial charge on any atom is -0.467 e. The van der Waals surface area contributed by atoms with Crippen molar-refractivity contribution >= 4 is 23.6 Å². The van der Waals surface area contributed by atoms with Crippen molar-refractivity contribution in [3.05, 3.63) is 78.4 Å². The Morgan fingerprint density at radius 3 is 2.23 bits per heavy atom. The second-order valence-electron chi connectivity index (χ2n) is 11.4. The highest BCUT2D eigenvalue weighted by Gasteiger charge is 2.37. The van der Waals surface area contributed by atoms with Crippen LogP contribution in [0.2, 0.25) is 0 Å². The Morgan fingerprint density at radius 1 is 0.894 bits per heavy atom. The number of pyridine rings is 1. The molecule has 47 heavy (non-hydrogen) atoms. The maximum atomic E-state index is 13.7. The van der Waals surface area contributed by atoms with Gasteiger partial charge in [0.05, 0.1) is 26.4 Å². The first-order valence-corrected chi connectivity index (χ1v) is 15.3. The minimum absolute atomic E-state index is 0.0949.